The van der Waals surface area contributed by atoms with Crippen LogP contribution in [-0.4, -0.2) is 18.7 Å². The minimum Gasteiger partial charge on any atom is -0.485 e. The van der Waals surface area contributed by atoms with Crippen LogP contribution < -0.4 is 9.47 Å². The lowest BCUT2D eigenvalue weighted by Gasteiger charge is -2.15. The summed E-state index contributed by atoms with van der Waals surface area (Å²) in [6, 6.07) is 0. The highest BCUT2D eigenvalue weighted by atomic mass is 32.2. The number of halogens is 3. The molecule has 1 aromatic heterocycles. The largest absolute Gasteiger partial charge is 0.485 e. The average Bonchev–Trinajstić information content (AvgIpc) is 2.47. The van der Waals surface area contributed by atoms with Crippen molar-refractivity contribution < 1.29 is 22.6 Å². The Hall–Kier alpha value is -0.560. The van der Waals surface area contributed by atoms with Crippen LogP contribution >= 0.6 is 23.1 Å². The monoisotopic (exact) mass is 242 g/mol. The number of ether oxygens (including phenoxy) is 2. The van der Waals surface area contributed by atoms with E-state index in [1.807, 2.05) is 0 Å². The predicted octanol–water partition coefficient (Wildman–Crippen LogP) is 3.13. The Morgan fingerprint density at radius 3 is 2.71 bits per heavy atom. The van der Waals surface area contributed by atoms with Gasteiger partial charge in [0.15, 0.2) is 11.5 Å². The Morgan fingerprint density at radius 1 is 1.29 bits per heavy atom. The van der Waals surface area contributed by atoms with Crippen LogP contribution in [0.25, 0.3) is 0 Å². The molecule has 0 unspecified atom stereocenters. The number of thioether (sulfide) groups is 1. The van der Waals surface area contributed by atoms with Crippen LogP contribution in [0.15, 0.2) is 9.59 Å². The van der Waals surface area contributed by atoms with Crippen molar-refractivity contribution >= 4 is 23.1 Å². The number of hydrogen-bond donors (Lipinski definition) is 0. The van der Waals surface area contributed by atoms with Gasteiger partial charge in [-0.05, 0) is 0 Å². The van der Waals surface area contributed by atoms with Crippen LogP contribution in [0.1, 0.15) is 0 Å². The number of hydrogen-bond acceptors (Lipinski definition) is 4. The minimum absolute atomic E-state index is 0.104. The van der Waals surface area contributed by atoms with E-state index in [2.05, 4.69) is 0 Å². The summed E-state index contributed by atoms with van der Waals surface area (Å²) < 4.78 is 46.5. The molecule has 0 radical (unpaired) electrons. The maximum atomic E-state index is 12.1. The molecule has 2 nitrogen and oxygen atoms in total. The lowest BCUT2D eigenvalue weighted by molar-refractivity contribution is -0.0328. The second-order valence-corrected chi connectivity index (χ2v) is 4.67. The maximum absolute atomic E-state index is 12.1. The normalized spacial score (nSPS) is 15.6. The first kappa shape index (κ1) is 9.97. The molecule has 1 aliphatic heterocycles. The molecule has 0 N–H and O–H groups in total. The van der Waals surface area contributed by atoms with E-state index in [4.69, 9.17) is 9.47 Å². The fourth-order valence-corrected chi connectivity index (χ4v) is 2.75. The van der Waals surface area contributed by atoms with Crippen molar-refractivity contribution in [3.63, 3.8) is 0 Å². The highest BCUT2D eigenvalue weighted by Gasteiger charge is 2.33. The van der Waals surface area contributed by atoms with E-state index in [1.54, 1.807) is 0 Å². The van der Waals surface area contributed by atoms with Gasteiger partial charge in [0.2, 0.25) is 0 Å². The molecule has 0 aliphatic carbocycles. The fourth-order valence-electron chi connectivity index (χ4n) is 1.02. The molecule has 0 spiro atoms. The van der Waals surface area contributed by atoms with Gasteiger partial charge >= 0.3 is 5.51 Å². The van der Waals surface area contributed by atoms with Crippen LogP contribution in [0.4, 0.5) is 13.2 Å². The molecule has 2 heterocycles. The molecule has 0 fully saturated rings. The summed E-state index contributed by atoms with van der Waals surface area (Å²) in [6.45, 7) is 0.689. The van der Waals surface area contributed by atoms with Gasteiger partial charge in [-0.1, -0.05) is 0 Å². The van der Waals surface area contributed by atoms with Crippen molar-refractivity contribution in [1.29, 1.82) is 0 Å². The molecule has 0 saturated heterocycles. The summed E-state index contributed by atoms with van der Waals surface area (Å²) in [5, 5.41) is 1.53. The van der Waals surface area contributed by atoms with Gasteiger partial charge in [0.25, 0.3) is 0 Å². The highest BCUT2D eigenvalue weighted by molar-refractivity contribution is 8.02. The molecule has 1 aromatic rings. The van der Waals surface area contributed by atoms with Crippen LogP contribution in [0.3, 0.4) is 0 Å². The minimum atomic E-state index is -4.28. The van der Waals surface area contributed by atoms with E-state index >= 15 is 0 Å². The molecule has 78 valence electrons. The van der Waals surface area contributed by atoms with E-state index in [0.717, 1.165) is 11.3 Å². The molecule has 7 heteroatoms. The lowest BCUT2D eigenvalue weighted by Crippen LogP contribution is -2.14. The van der Waals surface area contributed by atoms with Crippen molar-refractivity contribution in [1.82, 2.24) is 0 Å². The Bertz CT molecular complexity index is 334. The van der Waals surface area contributed by atoms with Gasteiger partial charge in [-0.15, -0.1) is 11.3 Å². The topological polar surface area (TPSA) is 18.5 Å². The Labute approximate surface area is 86.0 Å². The quantitative estimate of drug-likeness (QED) is 0.705. The predicted molar refractivity (Wildman–Crippen MR) is 47.2 cm³/mol. The van der Waals surface area contributed by atoms with E-state index < -0.39 is 5.51 Å². The SMILES string of the molecule is FC(F)(F)Sc1scc2c1OCCO2. The van der Waals surface area contributed by atoms with Crippen molar-refractivity contribution in [2.75, 3.05) is 13.2 Å². The van der Waals surface area contributed by atoms with Crippen molar-refractivity contribution in [3.8, 4) is 11.5 Å². The van der Waals surface area contributed by atoms with Gasteiger partial charge in [0.1, 0.15) is 17.4 Å². The molecule has 0 amide bonds. The summed E-state index contributed by atoms with van der Waals surface area (Å²) in [5.41, 5.74) is -4.28. The number of thiophene rings is 1. The second-order valence-electron chi connectivity index (χ2n) is 2.46. The first-order valence-corrected chi connectivity index (χ1v) is 5.39. The van der Waals surface area contributed by atoms with Crippen molar-refractivity contribution in [3.05, 3.63) is 5.38 Å². The van der Waals surface area contributed by atoms with Gasteiger partial charge in [-0.3, -0.25) is 0 Å². The van der Waals surface area contributed by atoms with E-state index in [9.17, 15) is 13.2 Å². The molecular formula is C7H5F3O2S2. The Kier molecular flexibility index (Phi) is 2.52. The van der Waals surface area contributed by atoms with Crippen molar-refractivity contribution in [2.45, 2.75) is 9.72 Å². The molecular weight excluding hydrogens is 237 g/mol. The second kappa shape index (κ2) is 3.54. The lowest BCUT2D eigenvalue weighted by atomic mass is 10.5. The third-order valence-corrected chi connectivity index (χ3v) is 3.35. The molecule has 0 bridgehead atoms. The first-order chi connectivity index (χ1) is 6.56. The molecule has 14 heavy (non-hydrogen) atoms. The van der Waals surface area contributed by atoms with Gasteiger partial charge in [0, 0.05) is 17.1 Å². The molecule has 0 aromatic carbocycles. The fraction of sp³-hybridized carbons (Fsp3) is 0.429. The maximum Gasteiger partial charge on any atom is 0.447 e. The van der Waals surface area contributed by atoms with E-state index in [1.165, 1.54) is 5.38 Å². The summed E-state index contributed by atoms with van der Waals surface area (Å²) in [7, 11) is 0. The Morgan fingerprint density at radius 2 is 2.00 bits per heavy atom. The third kappa shape index (κ3) is 2.09. The van der Waals surface area contributed by atoms with Gasteiger partial charge in [-0.25, -0.2) is 0 Å². The zero-order valence-electron chi connectivity index (χ0n) is 6.76. The number of rotatable bonds is 1. The van der Waals surface area contributed by atoms with Gasteiger partial charge < -0.3 is 9.47 Å². The highest BCUT2D eigenvalue weighted by Crippen LogP contribution is 2.50. The van der Waals surface area contributed by atoms with Gasteiger partial charge in [0.05, 0.1) is 0 Å². The third-order valence-electron chi connectivity index (χ3n) is 1.48. The molecule has 2 rings (SSSR count). The number of fused-ring (bicyclic) bond motifs is 1. The van der Waals surface area contributed by atoms with E-state index in [-0.39, 0.29) is 21.7 Å². The van der Waals surface area contributed by atoms with Crippen LogP contribution in [0, 0.1) is 0 Å². The van der Waals surface area contributed by atoms with Crippen LogP contribution in [0.2, 0.25) is 0 Å². The summed E-state index contributed by atoms with van der Waals surface area (Å²) >= 11 is 0.821. The first-order valence-electron chi connectivity index (χ1n) is 3.69. The molecule has 0 saturated carbocycles. The van der Waals surface area contributed by atoms with E-state index in [0.29, 0.717) is 19.0 Å². The molecule has 0 atom stereocenters. The number of alkyl halides is 3. The summed E-state index contributed by atoms with van der Waals surface area (Å²) in [4.78, 5) is 0. The zero-order chi connectivity index (χ0) is 10.2. The van der Waals surface area contributed by atoms with Gasteiger partial charge in [-0.2, -0.15) is 13.2 Å². The molecule has 1 aliphatic rings. The standard InChI is InChI=1S/C7H5F3O2S2/c8-7(9,10)14-6-5-4(3-13-6)11-1-2-12-5/h3H,1-2H2. The average molecular weight is 242 g/mol. The smallest absolute Gasteiger partial charge is 0.447 e. The zero-order valence-corrected chi connectivity index (χ0v) is 8.39. The van der Waals surface area contributed by atoms with Crippen LogP contribution in [0.5, 0.6) is 11.5 Å². The van der Waals surface area contributed by atoms with Crippen LogP contribution in [-0.2, 0) is 0 Å². The summed E-state index contributed by atoms with van der Waals surface area (Å²) in [5.74, 6) is 0.636. The Balaban J connectivity index is 2.22. The van der Waals surface area contributed by atoms with Crippen molar-refractivity contribution in [2.24, 2.45) is 0 Å². The summed E-state index contributed by atoms with van der Waals surface area (Å²) in [6.07, 6.45) is 0.